The van der Waals surface area contributed by atoms with E-state index in [9.17, 15) is 4.79 Å². The van der Waals surface area contributed by atoms with Crippen LogP contribution in [0.15, 0.2) is 30.3 Å². The van der Waals surface area contributed by atoms with Crippen LogP contribution in [0.1, 0.15) is 31.7 Å². The molecule has 1 aliphatic rings. The number of carbonyl (C=O) groups excluding carboxylic acids is 1. The van der Waals surface area contributed by atoms with Gasteiger partial charge in [-0.05, 0) is 45.8 Å². The minimum atomic E-state index is -0.733. The van der Waals surface area contributed by atoms with Crippen LogP contribution in [0.5, 0.6) is 0 Å². The van der Waals surface area contributed by atoms with E-state index in [2.05, 4.69) is 10.2 Å². The summed E-state index contributed by atoms with van der Waals surface area (Å²) < 4.78 is 5.40. The van der Waals surface area contributed by atoms with E-state index in [1.165, 1.54) is 0 Å². The summed E-state index contributed by atoms with van der Waals surface area (Å²) in [5.41, 5.74) is 0.264. The summed E-state index contributed by atoms with van der Waals surface area (Å²) in [6.45, 7) is 3.09. The standard InChI is InChI=1S/C17H26N2O2/c1-4-21-16(20)17(12-13-19(2)3,18-15-10-11-15)14-8-6-5-7-9-14/h5-9,15,18H,4,10-13H2,1-3H3. The van der Waals surface area contributed by atoms with Crippen molar-refractivity contribution in [1.82, 2.24) is 10.2 Å². The van der Waals surface area contributed by atoms with Crippen molar-refractivity contribution >= 4 is 5.97 Å². The highest BCUT2D eigenvalue weighted by Gasteiger charge is 2.44. The zero-order chi connectivity index (χ0) is 15.3. The van der Waals surface area contributed by atoms with Crippen molar-refractivity contribution in [2.45, 2.75) is 37.8 Å². The van der Waals surface area contributed by atoms with Gasteiger partial charge in [0.2, 0.25) is 0 Å². The summed E-state index contributed by atoms with van der Waals surface area (Å²) in [6.07, 6.45) is 2.98. The fourth-order valence-corrected chi connectivity index (χ4v) is 2.52. The normalized spacial score (nSPS) is 17.5. The van der Waals surface area contributed by atoms with Gasteiger partial charge in [0.1, 0.15) is 5.54 Å². The van der Waals surface area contributed by atoms with Crippen molar-refractivity contribution < 1.29 is 9.53 Å². The van der Waals surface area contributed by atoms with E-state index in [4.69, 9.17) is 4.74 Å². The van der Waals surface area contributed by atoms with Crippen molar-refractivity contribution in [3.63, 3.8) is 0 Å². The Balaban J connectivity index is 2.33. The molecular weight excluding hydrogens is 264 g/mol. The minimum absolute atomic E-state index is 0.162. The van der Waals surface area contributed by atoms with Crippen LogP contribution in [0, 0.1) is 0 Å². The first-order chi connectivity index (χ1) is 10.1. The van der Waals surface area contributed by atoms with Crippen LogP contribution in [-0.2, 0) is 15.1 Å². The topological polar surface area (TPSA) is 41.6 Å². The lowest BCUT2D eigenvalue weighted by Gasteiger charge is -2.34. The third-order valence-corrected chi connectivity index (χ3v) is 3.85. The van der Waals surface area contributed by atoms with Crippen LogP contribution in [0.3, 0.4) is 0 Å². The molecule has 1 atom stereocenters. The Morgan fingerprint density at radius 2 is 2.00 bits per heavy atom. The number of hydrogen-bond acceptors (Lipinski definition) is 4. The highest BCUT2D eigenvalue weighted by atomic mass is 16.5. The van der Waals surface area contributed by atoms with Gasteiger partial charge < -0.3 is 9.64 Å². The molecule has 1 aromatic rings. The second kappa shape index (κ2) is 7.05. The summed E-state index contributed by atoms with van der Waals surface area (Å²) >= 11 is 0. The molecule has 1 N–H and O–H groups in total. The van der Waals surface area contributed by atoms with Crippen molar-refractivity contribution in [2.75, 3.05) is 27.2 Å². The highest BCUT2D eigenvalue weighted by Crippen LogP contribution is 2.32. The van der Waals surface area contributed by atoms with Gasteiger partial charge in [-0.2, -0.15) is 0 Å². The lowest BCUT2D eigenvalue weighted by molar-refractivity contribution is -0.152. The van der Waals surface area contributed by atoms with E-state index < -0.39 is 5.54 Å². The van der Waals surface area contributed by atoms with Crippen molar-refractivity contribution in [3.05, 3.63) is 35.9 Å². The first-order valence-corrected chi connectivity index (χ1v) is 7.73. The maximum Gasteiger partial charge on any atom is 0.331 e. The Kier molecular flexibility index (Phi) is 5.37. The van der Waals surface area contributed by atoms with Gasteiger partial charge in [-0.15, -0.1) is 0 Å². The molecule has 116 valence electrons. The third kappa shape index (κ3) is 4.05. The van der Waals surface area contributed by atoms with E-state index in [1.54, 1.807) is 0 Å². The van der Waals surface area contributed by atoms with Gasteiger partial charge in [-0.25, -0.2) is 4.79 Å². The van der Waals surface area contributed by atoms with E-state index in [0.29, 0.717) is 19.1 Å². The van der Waals surface area contributed by atoms with Gasteiger partial charge in [-0.1, -0.05) is 30.3 Å². The number of carbonyl (C=O) groups is 1. The van der Waals surface area contributed by atoms with E-state index >= 15 is 0 Å². The Hall–Kier alpha value is -1.39. The first kappa shape index (κ1) is 16.0. The van der Waals surface area contributed by atoms with Crippen molar-refractivity contribution in [3.8, 4) is 0 Å². The first-order valence-electron chi connectivity index (χ1n) is 7.73. The van der Waals surface area contributed by atoms with E-state index in [0.717, 1.165) is 24.9 Å². The average Bonchev–Trinajstić information content (AvgIpc) is 3.28. The fourth-order valence-electron chi connectivity index (χ4n) is 2.52. The maximum atomic E-state index is 12.7. The zero-order valence-corrected chi connectivity index (χ0v) is 13.3. The largest absolute Gasteiger partial charge is 0.464 e. The second-order valence-corrected chi connectivity index (χ2v) is 5.96. The molecule has 1 fully saturated rings. The molecule has 0 heterocycles. The van der Waals surface area contributed by atoms with Gasteiger partial charge in [0.15, 0.2) is 0 Å². The number of hydrogen-bond donors (Lipinski definition) is 1. The number of benzene rings is 1. The summed E-state index contributed by atoms with van der Waals surface area (Å²) in [5, 5.41) is 3.56. The van der Waals surface area contributed by atoms with Crippen molar-refractivity contribution in [1.29, 1.82) is 0 Å². The number of esters is 1. The molecule has 0 aromatic heterocycles. The van der Waals surface area contributed by atoms with Crippen LogP contribution >= 0.6 is 0 Å². The third-order valence-electron chi connectivity index (χ3n) is 3.85. The summed E-state index contributed by atoms with van der Waals surface area (Å²) in [7, 11) is 4.05. The molecule has 1 unspecified atom stereocenters. The van der Waals surface area contributed by atoms with Crippen molar-refractivity contribution in [2.24, 2.45) is 0 Å². The maximum absolute atomic E-state index is 12.7. The molecule has 0 amide bonds. The monoisotopic (exact) mass is 290 g/mol. The molecule has 21 heavy (non-hydrogen) atoms. The molecular formula is C17H26N2O2. The lowest BCUT2D eigenvalue weighted by Crippen LogP contribution is -2.52. The van der Waals surface area contributed by atoms with Crippen LogP contribution in [0.4, 0.5) is 0 Å². The molecule has 0 saturated heterocycles. The molecule has 0 spiro atoms. The van der Waals surface area contributed by atoms with Crippen LogP contribution in [0.2, 0.25) is 0 Å². The predicted molar refractivity (Wildman–Crippen MR) is 84.1 cm³/mol. The number of ether oxygens (including phenoxy) is 1. The zero-order valence-electron chi connectivity index (χ0n) is 13.3. The minimum Gasteiger partial charge on any atom is -0.464 e. The Labute approximate surface area is 127 Å². The lowest BCUT2D eigenvalue weighted by atomic mass is 9.86. The predicted octanol–water partition coefficient (Wildman–Crippen LogP) is 2.15. The molecule has 4 nitrogen and oxygen atoms in total. The molecule has 1 saturated carbocycles. The van der Waals surface area contributed by atoms with Crippen LogP contribution in [0.25, 0.3) is 0 Å². The molecule has 2 rings (SSSR count). The number of nitrogens with one attached hydrogen (secondary N) is 1. The number of rotatable bonds is 8. The quantitative estimate of drug-likeness (QED) is 0.745. The molecule has 1 aromatic carbocycles. The number of nitrogens with zero attached hydrogens (tertiary/aromatic N) is 1. The van der Waals surface area contributed by atoms with Gasteiger partial charge in [-0.3, -0.25) is 5.32 Å². The molecule has 0 radical (unpaired) electrons. The molecule has 0 aliphatic heterocycles. The second-order valence-electron chi connectivity index (χ2n) is 5.96. The SMILES string of the molecule is CCOC(=O)C(CCN(C)C)(NC1CC1)c1ccccc1. The summed E-state index contributed by atoms with van der Waals surface area (Å²) in [5.74, 6) is -0.162. The summed E-state index contributed by atoms with van der Waals surface area (Å²) in [6, 6.07) is 10.4. The van der Waals surface area contributed by atoms with Gasteiger partial charge in [0.25, 0.3) is 0 Å². The fraction of sp³-hybridized carbons (Fsp3) is 0.588. The molecule has 4 heteroatoms. The van der Waals surface area contributed by atoms with Gasteiger partial charge >= 0.3 is 5.97 Å². The smallest absolute Gasteiger partial charge is 0.331 e. The average molecular weight is 290 g/mol. The van der Waals surface area contributed by atoms with Crippen LogP contribution < -0.4 is 5.32 Å². The highest BCUT2D eigenvalue weighted by molar-refractivity contribution is 5.83. The van der Waals surface area contributed by atoms with Gasteiger partial charge in [0.05, 0.1) is 6.61 Å². The summed E-state index contributed by atoms with van der Waals surface area (Å²) in [4.78, 5) is 14.8. The Morgan fingerprint density at radius 3 is 2.52 bits per heavy atom. The Bertz CT molecular complexity index is 457. The van der Waals surface area contributed by atoms with E-state index in [-0.39, 0.29) is 5.97 Å². The Morgan fingerprint density at radius 1 is 1.33 bits per heavy atom. The van der Waals surface area contributed by atoms with Crippen LogP contribution in [-0.4, -0.2) is 44.2 Å². The van der Waals surface area contributed by atoms with Gasteiger partial charge in [0, 0.05) is 12.6 Å². The molecule has 0 bridgehead atoms. The molecule has 1 aliphatic carbocycles. The van der Waals surface area contributed by atoms with E-state index in [1.807, 2.05) is 51.4 Å².